The van der Waals surface area contributed by atoms with Gasteiger partial charge in [0.25, 0.3) is 10.0 Å². The fourth-order valence-electron chi connectivity index (χ4n) is 3.36. The first-order valence-corrected chi connectivity index (χ1v) is 11.8. The second-order valence-electron chi connectivity index (χ2n) is 6.87. The van der Waals surface area contributed by atoms with E-state index in [0.29, 0.717) is 11.3 Å². The lowest BCUT2D eigenvalue weighted by molar-refractivity contribution is 0.270. The van der Waals surface area contributed by atoms with Crippen LogP contribution < -0.4 is 9.62 Å². The predicted octanol–water partition coefficient (Wildman–Crippen LogP) is 3.34. The Morgan fingerprint density at radius 3 is 2.21 bits per heavy atom. The lowest BCUT2D eigenvalue weighted by Gasteiger charge is -2.35. The number of hydrogen-bond acceptors (Lipinski definition) is 6. The molecule has 1 fully saturated rings. The fourth-order valence-corrected chi connectivity index (χ4v) is 4.62. The summed E-state index contributed by atoms with van der Waals surface area (Å²) in [6, 6.07) is 14.0. The number of fused-ring (bicyclic) bond motifs is 1. The largest absolute Gasteiger partial charge is 0.351 e. The van der Waals surface area contributed by atoms with E-state index in [1.165, 1.54) is 0 Å². The maximum atomic E-state index is 13.0. The summed E-state index contributed by atoms with van der Waals surface area (Å²) in [7, 11) is -3.79. The predicted molar refractivity (Wildman–Crippen MR) is 119 cm³/mol. The molecule has 0 radical (unpaired) electrons. The Morgan fingerprint density at radius 1 is 0.966 bits per heavy atom. The quantitative estimate of drug-likeness (QED) is 0.609. The highest BCUT2D eigenvalue weighted by molar-refractivity contribution is 9.10. The zero-order valence-electron chi connectivity index (χ0n) is 16.0. The zero-order chi connectivity index (χ0) is 20.4. The van der Waals surface area contributed by atoms with Crippen molar-refractivity contribution in [2.45, 2.75) is 11.8 Å². The molecule has 4 rings (SSSR count). The summed E-state index contributed by atoms with van der Waals surface area (Å²) < 4.78 is 29.4. The van der Waals surface area contributed by atoms with E-state index in [1.807, 2.05) is 24.3 Å². The maximum absolute atomic E-state index is 13.0. The van der Waals surface area contributed by atoms with Crippen molar-refractivity contribution in [3.05, 3.63) is 53.0 Å². The van der Waals surface area contributed by atoms with Gasteiger partial charge in [-0.1, -0.05) is 35.0 Å². The number of para-hydroxylation sites is 2. The minimum atomic E-state index is -3.79. The molecule has 0 spiro atoms. The molecule has 29 heavy (non-hydrogen) atoms. The highest BCUT2D eigenvalue weighted by Gasteiger charge is 2.24. The highest BCUT2D eigenvalue weighted by atomic mass is 79.9. The fraction of sp³-hybridized carbons (Fsp3) is 0.300. The van der Waals surface area contributed by atoms with Crippen molar-refractivity contribution in [3.63, 3.8) is 0 Å². The number of anilines is 2. The van der Waals surface area contributed by atoms with E-state index in [4.69, 9.17) is 4.98 Å². The Hall–Kier alpha value is -2.23. The minimum absolute atomic E-state index is 0.178. The molecule has 1 N–H and O–H groups in total. The van der Waals surface area contributed by atoms with Crippen molar-refractivity contribution in [1.82, 2.24) is 14.9 Å². The molecule has 3 aromatic rings. The summed E-state index contributed by atoms with van der Waals surface area (Å²) in [5, 5.41) is 0. The van der Waals surface area contributed by atoms with Crippen LogP contribution >= 0.6 is 15.9 Å². The van der Waals surface area contributed by atoms with Crippen molar-refractivity contribution in [3.8, 4) is 0 Å². The third kappa shape index (κ3) is 4.36. The summed E-state index contributed by atoms with van der Waals surface area (Å²) in [4.78, 5) is 14.0. The van der Waals surface area contributed by atoms with Crippen LogP contribution in [0, 0.1) is 0 Å². The van der Waals surface area contributed by atoms with Crippen LogP contribution in [0.4, 0.5) is 11.6 Å². The van der Waals surface area contributed by atoms with Gasteiger partial charge in [-0.3, -0.25) is 4.72 Å². The topological polar surface area (TPSA) is 78.4 Å². The molecule has 0 saturated carbocycles. The third-order valence-electron chi connectivity index (χ3n) is 5.03. The van der Waals surface area contributed by atoms with Gasteiger partial charge in [0.2, 0.25) is 0 Å². The SMILES string of the molecule is CCN1CCN(c2nc3ccccc3nc2NS(=O)(=O)c2ccc(Br)cc2)CC1. The van der Waals surface area contributed by atoms with Crippen LogP contribution in [0.25, 0.3) is 11.0 Å². The molecule has 0 unspecified atom stereocenters. The monoisotopic (exact) mass is 475 g/mol. The number of sulfonamides is 1. The first-order valence-electron chi connectivity index (χ1n) is 9.49. The van der Waals surface area contributed by atoms with E-state index < -0.39 is 10.0 Å². The average molecular weight is 476 g/mol. The molecule has 9 heteroatoms. The van der Waals surface area contributed by atoms with Gasteiger partial charge in [-0.2, -0.15) is 0 Å². The van der Waals surface area contributed by atoms with Crippen molar-refractivity contribution < 1.29 is 8.42 Å². The molecular formula is C20H22BrN5O2S. The number of rotatable bonds is 5. The molecule has 1 aliphatic heterocycles. The Bertz CT molecular complexity index is 1110. The Morgan fingerprint density at radius 2 is 1.59 bits per heavy atom. The molecule has 0 aliphatic carbocycles. The molecule has 7 nitrogen and oxygen atoms in total. The lowest BCUT2D eigenvalue weighted by atomic mass is 10.3. The smallest absolute Gasteiger partial charge is 0.263 e. The molecule has 0 bridgehead atoms. The van der Waals surface area contributed by atoms with Gasteiger partial charge >= 0.3 is 0 Å². The van der Waals surface area contributed by atoms with E-state index in [2.05, 4.69) is 42.4 Å². The number of likely N-dealkylation sites (N-methyl/N-ethyl adjacent to an activating group) is 1. The van der Waals surface area contributed by atoms with Crippen molar-refractivity contribution in [2.75, 3.05) is 42.3 Å². The number of hydrogen-bond donors (Lipinski definition) is 1. The van der Waals surface area contributed by atoms with Crippen molar-refractivity contribution >= 4 is 48.6 Å². The normalized spacial score (nSPS) is 15.6. The van der Waals surface area contributed by atoms with Crippen LogP contribution in [-0.4, -0.2) is 56.0 Å². The number of nitrogens with zero attached hydrogens (tertiary/aromatic N) is 4. The summed E-state index contributed by atoms with van der Waals surface area (Å²) >= 11 is 3.33. The van der Waals surface area contributed by atoms with E-state index in [-0.39, 0.29) is 10.7 Å². The third-order valence-corrected chi connectivity index (χ3v) is 6.91. The van der Waals surface area contributed by atoms with Crippen LogP contribution in [0.1, 0.15) is 6.92 Å². The van der Waals surface area contributed by atoms with Crippen molar-refractivity contribution in [2.24, 2.45) is 0 Å². The second kappa shape index (κ2) is 8.25. The van der Waals surface area contributed by atoms with Gasteiger partial charge in [-0.25, -0.2) is 18.4 Å². The molecule has 1 aliphatic rings. The summed E-state index contributed by atoms with van der Waals surface area (Å²) in [6.07, 6.45) is 0. The van der Waals surface area contributed by atoms with Gasteiger partial charge < -0.3 is 9.80 Å². The van der Waals surface area contributed by atoms with Crippen LogP contribution in [0.15, 0.2) is 57.9 Å². The first-order chi connectivity index (χ1) is 14.0. The van der Waals surface area contributed by atoms with Gasteiger partial charge in [-0.05, 0) is 42.9 Å². The lowest BCUT2D eigenvalue weighted by Crippen LogP contribution is -2.46. The van der Waals surface area contributed by atoms with Crippen LogP contribution in [-0.2, 0) is 10.0 Å². The number of piperazine rings is 1. The molecule has 0 amide bonds. The molecule has 152 valence electrons. The highest BCUT2D eigenvalue weighted by Crippen LogP contribution is 2.28. The van der Waals surface area contributed by atoms with Crippen LogP contribution in [0.3, 0.4) is 0 Å². The molecule has 2 aromatic carbocycles. The number of halogens is 1. The van der Waals surface area contributed by atoms with Gasteiger partial charge in [0.1, 0.15) is 0 Å². The van der Waals surface area contributed by atoms with E-state index in [1.54, 1.807) is 24.3 Å². The van der Waals surface area contributed by atoms with Crippen LogP contribution in [0.5, 0.6) is 0 Å². The van der Waals surface area contributed by atoms with E-state index >= 15 is 0 Å². The number of nitrogens with one attached hydrogen (secondary N) is 1. The summed E-state index contributed by atoms with van der Waals surface area (Å²) in [6.45, 7) is 6.50. The zero-order valence-corrected chi connectivity index (χ0v) is 18.4. The van der Waals surface area contributed by atoms with Gasteiger partial charge in [0.15, 0.2) is 11.6 Å². The van der Waals surface area contributed by atoms with Gasteiger partial charge in [-0.15, -0.1) is 0 Å². The van der Waals surface area contributed by atoms with E-state index in [0.717, 1.165) is 42.7 Å². The molecule has 1 saturated heterocycles. The van der Waals surface area contributed by atoms with Gasteiger partial charge in [0, 0.05) is 30.7 Å². The van der Waals surface area contributed by atoms with Gasteiger partial charge in [0.05, 0.1) is 15.9 Å². The van der Waals surface area contributed by atoms with E-state index in [9.17, 15) is 8.42 Å². The molecular weight excluding hydrogens is 454 g/mol. The first kappa shape index (κ1) is 20.1. The Kier molecular flexibility index (Phi) is 5.71. The Labute approximate surface area is 178 Å². The second-order valence-corrected chi connectivity index (χ2v) is 9.46. The minimum Gasteiger partial charge on any atom is -0.351 e. The molecule has 1 aromatic heterocycles. The Balaban J connectivity index is 1.73. The summed E-state index contributed by atoms with van der Waals surface area (Å²) in [5.41, 5.74) is 1.39. The van der Waals surface area contributed by atoms with Crippen LogP contribution in [0.2, 0.25) is 0 Å². The number of benzene rings is 2. The molecule has 0 atom stereocenters. The number of aromatic nitrogens is 2. The average Bonchev–Trinajstić information content (AvgIpc) is 2.73. The standard InChI is InChI=1S/C20H22BrN5O2S/c1-2-25-11-13-26(14-12-25)20-19(22-17-5-3-4-6-18(17)23-20)24-29(27,28)16-9-7-15(21)8-10-16/h3-10H,2,11-14H2,1H3,(H,22,24). The summed E-state index contributed by atoms with van der Waals surface area (Å²) in [5.74, 6) is 0.830. The molecule has 2 heterocycles. The van der Waals surface area contributed by atoms with Crippen molar-refractivity contribution in [1.29, 1.82) is 0 Å². The maximum Gasteiger partial charge on any atom is 0.263 e.